The van der Waals surface area contributed by atoms with E-state index in [9.17, 15) is 14.9 Å². The summed E-state index contributed by atoms with van der Waals surface area (Å²) in [5.41, 5.74) is 2.34. The van der Waals surface area contributed by atoms with E-state index < -0.39 is 0 Å². The molecule has 0 unspecified atom stereocenters. The summed E-state index contributed by atoms with van der Waals surface area (Å²) in [7, 11) is 1.84. The maximum absolute atomic E-state index is 13.0. The van der Waals surface area contributed by atoms with Crippen molar-refractivity contribution in [1.82, 2.24) is 14.4 Å². The highest BCUT2D eigenvalue weighted by atomic mass is 16.2. The van der Waals surface area contributed by atoms with Gasteiger partial charge in [0.1, 0.15) is 12.6 Å². The summed E-state index contributed by atoms with van der Waals surface area (Å²) >= 11 is 0. The van der Waals surface area contributed by atoms with Gasteiger partial charge in [-0.15, -0.1) is 0 Å². The topological polar surface area (TPSA) is 69.3 Å². The Kier molecular flexibility index (Phi) is 3.95. The fraction of sp³-hybridized carbons (Fsp3) is 0.450. The van der Waals surface area contributed by atoms with Gasteiger partial charge in [0.05, 0.1) is 17.0 Å². The highest BCUT2D eigenvalue weighted by Gasteiger charge is 2.40. The lowest BCUT2D eigenvalue weighted by molar-refractivity contribution is -0.138. The minimum atomic E-state index is -0.0835. The Bertz CT molecular complexity index is 939. The Labute approximate surface area is 152 Å². The summed E-state index contributed by atoms with van der Waals surface area (Å²) in [6.45, 7) is 3.18. The zero-order chi connectivity index (χ0) is 18.4. The molecule has 6 heteroatoms. The third-order valence-electron chi connectivity index (χ3n) is 5.95. The number of likely N-dealkylation sites (N-methyl/N-ethyl adjacent to an activating group) is 1. The first-order chi connectivity index (χ1) is 12.5. The van der Waals surface area contributed by atoms with Crippen LogP contribution in [0.2, 0.25) is 0 Å². The molecule has 3 aliphatic rings. The van der Waals surface area contributed by atoms with Gasteiger partial charge in [0, 0.05) is 37.3 Å². The van der Waals surface area contributed by atoms with Crippen LogP contribution in [0, 0.1) is 24.2 Å². The van der Waals surface area contributed by atoms with Gasteiger partial charge < -0.3 is 14.4 Å². The van der Waals surface area contributed by atoms with Crippen molar-refractivity contribution in [1.29, 1.82) is 5.26 Å². The van der Waals surface area contributed by atoms with E-state index in [-0.39, 0.29) is 30.3 Å². The minimum absolute atomic E-state index is 0.0124. The number of para-hydroxylation sites is 1. The summed E-state index contributed by atoms with van der Waals surface area (Å²) in [6, 6.07) is 10.1. The highest BCUT2D eigenvalue weighted by molar-refractivity contribution is 5.90. The Morgan fingerprint density at radius 3 is 2.81 bits per heavy atom. The summed E-state index contributed by atoms with van der Waals surface area (Å²) in [6.07, 6.45) is 1.82. The maximum atomic E-state index is 13.0. The third-order valence-corrected chi connectivity index (χ3v) is 5.95. The van der Waals surface area contributed by atoms with Gasteiger partial charge in [-0.25, -0.2) is 0 Å². The lowest BCUT2D eigenvalue weighted by Crippen LogP contribution is -2.45. The van der Waals surface area contributed by atoms with Crippen molar-refractivity contribution in [3.05, 3.63) is 35.5 Å². The maximum Gasteiger partial charge on any atom is 0.242 e. The monoisotopic (exact) mass is 350 g/mol. The van der Waals surface area contributed by atoms with Crippen molar-refractivity contribution in [2.45, 2.75) is 32.4 Å². The molecule has 1 aromatic heterocycles. The van der Waals surface area contributed by atoms with Gasteiger partial charge in [-0.05, 0) is 25.8 Å². The Morgan fingerprint density at radius 2 is 2.04 bits per heavy atom. The molecule has 0 aliphatic carbocycles. The molecule has 134 valence electrons. The molecule has 3 aliphatic heterocycles. The van der Waals surface area contributed by atoms with E-state index in [1.807, 2.05) is 52.6 Å². The number of nitrogens with zero attached hydrogens (tertiary/aromatic N) is 4. The first-order valence-corrected chi connectivity index (χ1v) is 9.03. The van der Waals surface area contributed by atoms with E-state index in [0.717, 1.165) is 29.4 Å². The number of nitriles is 1. The van der Waals surface area contributed by atoms with Gasteiger partial charge in [-0.2, -0.15) is 5.26 Å². The van der Waals surface area contributed by atoms with E-state index in [0.29, 0.717) is 18.7 Å². The van der Waals surface area contributed by atoms with Crippen molar-refractivity contribution in [2.24, 2.45) is 5.92 Å². The predicted octanol–water partition coefficient (Wildman–Crippen LogP) is 1.90. The molecule has 0 radical (unpaired) electrons. The number of rotatable bonds is 2. The summed E-state index contributed by atoms with van der Waals surface area (Å²) in [4.78, 5) is 29.0. The van der Waals surface area contributed by atoms with Gasteiger partial charge in [0.15, 0.2) is 0 Å². The number of fused-ring (bicyclic) bond motifs is 5. The van der Waals surface area contributed by atoms with Crippen molar-refractivity contribution >= 4 is 22.7 Å². The molecule has 2 bridgehead atoms. The smallest absolute Gasteiger partial charge is 0.242 e. The minimum Gasteiger partial charge on any atom is -0.341 e. The first-order valence-electron chi connectivity index (χ1n) is 9.03. The molecule has 2 amide bonds. The Balaban J connectivity index is 1.64. The second-order valence-electron chi connectivity index (χ2n) is 7.35. The number of carbonyl (C=O) groups excluding carboxylic acids is 2. The van der Waals surface area contributed by atoms with Gasteiger partial charge in [0.25, 0.3) is 0 Å². The van der Waals surface area contributed by atoms with E-state index in [1.165, 1.54) is 0 Å². The van der Waals surface area contributed by atoms with Crippen LogP contribution in [0.15, 0.2) is 24.3 Å². The zero-order valence-corrected chi connectivity index (χ0v) is 15.1. The number of piperidine rings is 1. The molecular weight excluding hydrogens is 328 g/mol. The number of hydrogen-bond donors (Lipinski definition) is 0. The molecule has 5 rings (SSSR count). The van der Waals surface area contributed by atoms with Crippen molar-refractivity contribution in [3.63, 3.8) is 0 Å². The highest BCUT2D eigenvalue weighted by Crippen LogP contribution is 2.29. The molecule has 0 saturated carbocycles. The molecule has 2 atom stereocenters. The number of benzene rings is 1. The Hall–Kier alpha value is -2.81. The van der Waals surface area contributed by atoms with Crippen LogP contribution in [0.4, 0.5) is 0 Å². The number of aromatic nitrogens is 1. The number of carbonyl (C=O) groups is 2. The van der Waals surface area contributed by atoms with Crippen LogP contribution < -0.4 is 0 Å². The SMILES string of the molecule is Cc1c(C#N)c2ccccc2n1CC(=O)N1C[C@H]2CC[C@@H](C1)N(C)C2=O. The van der Waals surface area contributed by atoms with Gasteiger partial charge in [0.2, 0.25) is 11.8 Å². The lowest BCUT2D eigenvalue weighted by Gasteiger charge is -2.32. The molecule has 0 N–H and O–H groups in total. The van der Waals surface area contributed by atoms with Crippen LogP contribution in [0.3, 0.4) is 0 Å². The molecule has 3 saturated heterocycles. The van der Waals surface area contributed by atoms with Crippen molar-refractivity contribution in [3.8, 4) is 6.07 Å². The van der Waals surface area contributed by atoms with E-state index >= 15 is 0 Å². The standard InChI is InChI=1S/C20H22N4O2/c1-13-17(9-21)16-5-3-4-6-18(16)24(13)12-19(25)23-10-14-7-8-15(11-23)22(2)20(14)26/h3-6,14-15H,7-8,10-12H2,1-2H3/t14-,15+/m1/s1. The fourth-order valence-corrected chi connectivity index (χ4v) is 4.37. The first kappa shape index (κ1) is 16.6. The fourth-order valence-electron chi connectivity index (χ4n) is 4.37. The molecule has 1 aromatic carbocycles. The molecule has 2 aromatic rings. The predicted molar refractivity (Wildman–Crippen MR) is 97.3 cm³/mol. The van der Waals surface area contributed by atoms with Crippen LogP contribution in [-0.2, 0) is 16.1 Å². The van der Waals surface area contributed by atoms with E-state index in [2.05, 4.69) is 6.07 Å². The van der Waals surface area contributed by atoms with Crippen LogP contribution in [0.1, 0.15) is 24.1 Å². The van der Waals surface area contributed by atoms with Crippen molar-refractivity contribution in [2.75, 3.05) is 20.1 Å². The number of amides is 2. The lowest BCUT2D eigenvalue weighted by atomic mass is 9.95. The summed E-state index contributed by atoms with van der Waals surface area (Å²) < 4.78 is 1.93. The zero-order valence-electron chi connectivity index (χ0n) is 15.1. The third kappa shape index (κ3) is 2.47. The summed E-state index contributed by atoms with van der Waals surface area (Å²) in [5.74, 6) is 0.0872. The molecular formula is C20H22N4O2. The van der Waals surface area contributed by atoms with Gasteiger partial charge in [-0.1, -0.05) is 18.2 Å². The molecule has 26 heavy (non-hydrogen) atoms. The van der Waals surface area contributed by atoms with Crippen LogP contribution in [-0.4, -0.2) is 52.4 Å². The molecule has 3 fully saturated rings. The normalized spacial score (nSPS) is 22.6. The largest absolute Gasteiger partial charge is 0.341 e. The number of hydrogen-bond acceptors (Lipinski definition) is 3. The van der Waals surface area contributed by atoms with Crippen LogP contribution in [0.5, 0.6) is 0 Å². The summed E-state index contributed by atoms with van der Waals surface area (Å²) in [5, 5.41) is 10.4. The second-order valence-corrected chi connectivity index (χ2v) is 7.35. The van der Waals surface area contributed by atoms with Crippen molar-refractivity contribution < 1.29 is 9.59 Å². The molecule has 0 spiro atoms. The van der Waals surface area contributed by atoms with Crippen LogP contribution >= 0.6 is 0 Å². The van der Waals surface area contributed by atoms with Gasteiger partial charge in [-0.3, -0.25) is 9.59 Å². The van der Waals surface area contributed by atoms with E-state index in [1.54, 1.807) is 0 Å². The van der Waals surface area contributed by atoms with E-state index in [4.69, 9.17) is 0 Å². The average Bonchev–Trinajstić information content (AvgIpc) is 2.79. The Morgan fingerprint density at radius 1 is 1.27 bits per heavy atom. The average molecular weight is 350 g/mol. The van der Waals surface area contributed by atoms with Gasteiger partial charge >= 0.3 is 0 Å². The quantitative estimate of drug-likeness (QED) is 0.831. The molecule has 4 heterocycles. The second kappa shape index (κ2) is 6.17. The van der Waals surface area contributed by atoms with Crippen LogP contribution in [0.25, 0.3) is 10.9 Å². The molecule has 6 nitrogen and oxygen atoms in total.